The Morgan fingerprint density at radius 1 is 1.48 bits per heavy atom. The SMILES string of the molecule is CCCCOc1ccc(CC(N)C(=O)OC)cc1[N+](=O)[O-]. The third-order valence-corrected chi connectivity index (χ3v) is 2.94. The average molecular weight is 296 g/mol. The summed E-state index contributed by atoms with van der Waals surface area (Å²) >= 11 is 0. The maximum atomic E-state index is 11.3. The van der Waals surface area contributed by atoms with Gasteiger partial charge in [0.2, 0.25) is 0 Å². The number of ether oxygens (including phenoxy) is 2. The smallest absolute Gasteiger partial charge is 0.322 e. The molecule has 0 aliphatic heterocycles. The number of nitro groups is 1. The fourth-order valence-corrected chi connectivity index (χ4v) is 1.77. The minimum Gasteiger partial charge on any atom is -0.487 e. The van der Waals surface area contributed by atoms with Crippen LogP contribution in [0.4, 0.5) is 5.69 Å². The molecule has 1 aromatic carbocycles. The van der Waals surface area contributed by atoms with Gasteiger partial charge in [-0.3, -0.25) is 14.9 Å². The number of rotatable bonds is 8. The van der Waals surface area contributed by atoms with Crippen LogP contribution in [0.15, 0.2) is 18.2 Å². The summed E-state index contributed by atoms with van der Waals surface area (Å²) in [5.41, 5.74) is 6.11. The summed E-state index contributed by atoms with van der Waals surface area (Å²) in [4.78, 5) is 21.9. The van der Waals surface area contributed by atoms with Crippen LogP contribution >= 0.6 is 0 Å². The highest BCUT2D eigenvalue weighted by Crippen LogP contribution is 2.28. The molecular weight excluding hydrogens is 276 g/mol. The summed E-state index contributed by atoms with van der Waals surface area (Å²) in [6.45, 7) is 2.44. The third-order valence-electron chi connectivity index (χ3n) is 2.94. The molecule has 0 amide bonds. The normalized spacial score (nSPS) is 11.8. The predicted octanol–water partition coefficient (Wildman–Crippen LogP) is 1.82. The highest BCUT2D eigenvalue weighted by Gasteiger charge is 2.19. The molecule has 0 saturated carbocycles. The molecule has 7 heteroatoms. The summed E-state index contributed by atoms with van der Waals surface area (Å²) in [7, 11) is 1.25. The highest BCUT2D eigenvalue weighted by atomic mass is 16.6. The quantitative estimate of drug-likeness (QED) is 0.339. The predicted molar refractivity (Wildman–Crippen MR) is 77.2 cm³/mol. The lowest BCUT2D eigenvalue weighted by Gasteiger charge is -2.11. The van der Waals surface area contributed by atoms with Crippen molar-refractivity contribution in [1.29, 1.82) is 0 Å². The van der Waals surface area contributed by atoms with Crippen LogP contribution in [0.3, 0.4) is 0 Å². The minimum atomic E-state index is -0.846. The van der Waals surface area contributed by atoms with E-state index in [-0.39, 0.29) is 17.9 Å². The zero-order valence-corrected chi connectivity index (χ0v) is 12.2. The maximum absolute atomic E-state index is 11.3. The van der Waals surface area contributed by atoms with Gasteiger partial charge in [-0.05, 0) is 24.5 Å². The number of hydrogen-bond acceptors (Lipinski definition) is 6. The van der Waals surface area contributed by atoms with E-state index in [0.717, 1.165) is 12.8 Å². The molecule has 0 aromatic heterocycles. The molecule has 21 heavy (non-hydrogen) atoms. The fourth-order valence-electron chi connectivity index (χ4n) is 1.77. The molecular formula is C14H20N2O5. The Bertz CT molecular complexity index is 504. The Hall–Kier alpha value is -2.15. The summed E-state index contributed by atoms with van der Waals surface area (Å²) in [6, 6.07) is 3.73. The van der Waals surface area contributed by atoms with Crippen LogP contribution in [0.5, 0.6) is 5.75 Å². The van der Waals surface area contributed by atoms with Crippen molar-refractivity contribution in [2.75, 3.05) is 13.7 Å². The van der Waals surface area contributed by atoms with Gasteiger partial charge in [0.05, 0.1) is 18.6 Å². The molecule has 1 aromatic rings. The first kappa shape index (κ1) is 16.9. The molecule has 1 rings (SSSR count). The molecule has 7 nitrogen and oxygen atoms in total. The Labute approximate surface area is 123 Å². The van der Waals surface area contributed by atoms with E-state index >= 15 is 0 Å². The summed E-state index contributed by atoms with van der Waals surface area (Å²) < 4.78 is 9.93. The number of nitrogens with two attached hydrogens (primary N) is 1. The first-order valence-corrected chi connectivity index (χ1v) is 6.73. The minimum absolute atomic E-state index is 0.124. The van der Waals surface area contributed by atoms with Gasteiger partial charge in [-0.1, -0.05) is 19.4 Å². The molecule has 0 spiro atoms. The summed E-state index contributed by atoms with van der Waals surface area (Å²) in [6.07, 6.45) is 1.94. The van der Waals surface area contributed by atoms with Gasteiger partial charge in [0, 0.05) is 6.07 Å². The van der Waals surface area contributed by atoms with Crippen LogP contribution < -0.4 is 10.5 Å². The number of carbonyl (C=O) groups is 1. The largest absolute Gasteiger partial charge is 0.487 e. The van der Waals surface area contributed by atoms with E-state index in [4.69, 9.17) is 10.5 Å². The summed E-state index contributed by atoms with van der Waals surface area (Å²) in [5, 5.41) is 11.1. The summed E-state index contributed by atoms with van der Waals surface area (Å²) in [5.74, 6) is -0.329. The lowest BCUT2D eigenvalue weighted by atomic mass is 10.1. The lowest BCUT2D eigenvalue weighted by molar-refractivity contribution is -0.385. The molecule has 0 heterocycles. The first-order valence-electron chi connectivity index (χ1n) is 6.73. The first-order chi connectivity index (χ1) is 9.99. The zero-order valence-electron chi connectivity index (χ0n) is 12.2. The van der Waals surface area contributed by atoms with E-state index in [0.29, 0.717) is 12.2 Å². The van der Waals surface area contributed by atoms with Crippen molar-refractivity contribution >= 4 is 11.7 Å². The fraction of sp³-hybridized carbons (Fsp3) is 0.500. The number of esters is 1. The lowest BCUT2D eigenvalue weighted by Crippen LogP contribution is -2.33. The second-order valence-electron chi connectivity index (χ2n) is 4.59. The Balaban J connectivity index is 2.87. The second kappa shape index (κ2) is 8.21. The van der Waals surface area contributed by atoms with E-state index in [1.807, 2.05) is 6.92 Å². The van der Waals surface area contributed by atoms with Crippen LogP contribution in [0.1, 0.15) is 25.3 Å². The molecule has 0 aliphatic rings. The standard InChI is InChI=1S/C14H20N2O5/c1-3-4-7-21-13-6-5-10(9-12(13)16(18)19)8-11(15)14(17)20-2/h5-6,9,11H,3-4,7-8,15H2,1-2H3. The Morgan fingerprint density at radius 3 is 2.76 bits per heavy atom. The average Bonchev–Trinajstić information content (AvgIpc) is 2.47. The van der Waals surface area contributed by atoms with Crippen molar-refractivity contribution in [3.63, 3.8) is 0 Å². The van der Waals surface area contributed by atoms with Crippen molar-refractivity contribution < 1.29 is 19.2 Å². The van der Waals surface area contributed by atoms with Crippen LogP contribution in [0.2, 0.25) is 0 Å². The van der Waals surface area contributed by atoms with Crippen LogP contribution in [0, 0.1) is 10.1 Å². The van der Waals surface area contributed by atoms with E-state index in [1.165, 1.54) is 19.2 Å². The molecule has 116 valence electrons. The number of carbonyl (C=O) groups excluding carboxylic acids is 1. The Kier molecular flexibility index (Phi) is 6.61. The van der Waals surface area contributed by atoms with E-state index < -0.39 is 16.9 Å². The number of hydrogen-bond donors (Lipinski definition) is 1. The molecule has 1 unspecified atom stereocenters. The van der Waals surface area contributed by atoms with Gasteiger partial charge in [0.1, 0.15) is 6.04 Å². The van der Waals surface area contributed by atoms with Gasteiger partial charge < -0.3 is 15.2 Å². The maximum Gasteiger partial charge on any atom is 0.322 e. The molecule has 0 radical (unpaired) electrons. The van der Waals surface area contributed by atoms with Crippen molar-refractivity contribution in [3.05, 3.63) is 33.9 Å². The second-order valence-corrected chi connectivity index (χ2v) is 4.59. The van der Waals surface area contributed by atoms with E-state index in [9.17, 15) is 14.9 Å². The molecule has 0 bridgehead atoms. The van der Waals surface area contributed by atoms with Crippen molar-refractivity contribution in [2.24, 2.45) is 5.73 Å². The monoisotopic (exact) mass is 296 g/mol. The van der Waals surface area contributed by atoms with Gasteiger partial charge in [0.25, 0.3) is 0 Å². The van der Waals surface area contributed by atoms with Gasteiger partial charge in [-0.25, -0.2) is 0 Å². The number of nitrogens with zero attached hydrogens (tertiary/aromatic N) is 1. The number of benzene rings is 1. The number of methoxy groups -OCH3 is 1. The number of nitro benzene ring substituents is 1. The van der Waals surface area contributed by atoms with Crippen LogP contribution in [0.25, 0.3) is 0 Å². The highest BCUT2D eigenvalue weighted by molar-refractivity contribution is 5.75. The third kappa shape index (κ3) is 5.03. The zero-order chi connectivity index (χ0) is 15.8. The van der Waals surface area contributed by atoms with Crippen LogP contribution in [-0.4, -0.2) is 30.7 Å². The molecule has 0 saturated heterocycles. The molecule has 1 atom stereocenters. The van der Waals surface area contributed by atoms with Gasteiger partial charge >= 0.3 is 11.7 Å². The molecule has 0 fully saturated rings. The molecule has 0 aliphatic carbocycles. The van der Waals surface area contributed by atoms with E-state index in [1.54, 1.807) is 6.07 Å². The van der Waals surface area contributed by atoms with Gasteiger partial charge in [0.15, 0.2) is 5.75 Å². The van der Waals surface area contributed by atoms with Gasteiger partial charge in [-0.2, -0.15) is 0 Å². The Morgan fingerprint density at radius 2 is 2.19 bits per heavy atom. The van der Waals surface area contributed by atoms with E-state index in [2.05, 4.69) is 4.74 Å². The van der Waals surface area contributed by atoms with Crippen molar-refractivity contribution in [2.45, 2.75) is 32.2 Å². The van der Waals surface area contributed by atoms with Crippen molar-refractivity contribution in [1.82, 2.24) is 0 Å². The molecule has 2 N–H and O–H groups in total. The topological polar surface area (TPSA) is 105 Å². The van der Waals surface area contributed by atoms with Gasteiger partial charge in [-0.15, -0.1) is 0 Å². The van der Waals surface area contributed by atoms with Crippen LogP contribution in [-0.2, 0) is 16.0 Å². The van der Waals surface area contributed by atoms with Crippen molar-refractivity contribution in [3.8, 4) is 5.75 Å². The number of unbranched alkanes of at least 4 members (excludes halogenated alkanes) is 1.